The highest BCUT2D eigenvalue weighted by Gasteiger charge is 2.41. The third-order valence-corrected chi connectivity index (χ3v) is 5.61. The maximum Gasteiger partial charge on any atom is 0.271 e. The van der Waals surface area contributed by atoms with Gasteiger partial charge in [-0.15, -0.1) is 0 Å². The number of rotatable bonds is 5. The third kappa shape index (κ3) is 4.10. The molecule has 0 aromatic heterocycles. The number of nitrogens with zero attached hydrogens (tertiary/aromatic N) is 3. The number of fused-ring (bicyclic) bond motifs is 3. The van der Waals surface area contributed by atoms with E-state index in [2.05, 4.69) is 10.3 Å². The van der Waals surface area contributed by atoms with Crippen molar-refractivity contribution < 1.29 is 9.59 Å². The molecule has 29 heavy (non-hydrogen) atoms. The molecule has 148 valence electrons. The lowest BCUT2D eigenvalue weighted by molar-refractivity contribution is -0.120. The Morgan fingerprint density at radius 2 is 1.83 bits per heavy atom. The van der Waals surface area contributed by atoms with Gasteiger partial charge in [0.15, 0.2) is 5.17 Å². The molecular weight excluding hydrogens is 384 g/mol. The van der Waals surface area contributed by atoms with E-state index in [9.17, 15) is 9.59 Å². The maximum atomic E-state index is 12.8. The minimum absolute atomic E-state index is 0.0600. The van der Waals surface area contributed by atoms with Crippen LogP contribution in [0.1, 0.15) is 25.0 Å². The van der Waals surface area contributed by atoms with Crippen molar-refractivity contribution in [1.82, 2.24) is 10.2 Å². The average Bonchev–Trinajstić information content (AvgIpc) is 3.03. The highest BCUT2D eigenvalue weighted by molar-refractivity contribution is 8.14. The van der Waals surface area contributed by atoms with Gasteiger partial charge in [0.25, 0.3) is 5.91 Å². The van der Waals surface area contributed by atoms with Crippen molar-refractivity contribution in [3.8, 4) is 0 Å². The van der Waals surface area contributed by atoms with Crippen LogP contribution in [0.4, 0.5) is 5.69 Å². The molecule has 7 heteroatoms. The van der Waals surface area contributed by atoms with Gasteiger partial charge in [-0.05, 0) is 31.5 Å². The van der Waals surface area contributed by atoms with Crippen molar-refractivity contribution in [3.63, 3.8) is 0 Å². The fourth-order valence-corrected chi connectivity index (χ4v) is 4.29. The fourth-order valence-electron chi connectivity index (χ4n) is 3.43. The zero-order chi connectivity index (χ0) is 20.4. The van der Waals surface area contributed by atoms with Crippen LogP contribution in [0.25, 0.3) is 0 Å². The molecule has 1 atom stereocenters. The predicted molar refractivity (Wildman–Crippen MR) is 117 cm³/mol. The van der Waals surface area contributed by atoms with Crippen molar-refractivity contribution in [2.75, 3.05) is 5.75 Å². The predicted octanol–water partition coefficient (Wildman–Crippen LogP) is 3.15. The van der Waals surface area contributed by atoms with Crippen LogP contribution in [0.2, 0.25) is 0 Å². The molecule has 4 rings (SSSR count). The summed E-state index contributed by atoms with van der Waals surface area (Å²) in [7, 11) is 0. The van der Waals surface area contributed by atoms with Gasteiger partial charge >= 0.3 is 0 Å². The number of amidine groups is 2. The van der Waals surface area contributed by atoms with Gasteiger partial charge < -0.3 is 5.32 Å². The second kappa shape index (κ2) is 8.21. The van der Waals surface area contributed by atoms with Crippen molar-refractivity contribution in [2.45, 2.75) is 32.4 Å². The topological polar surface area (TPSA) is 74.1 Å². The number of benzene rings is 2. The van der Waals surface area contributed by atoms with Crippen LogP contribution >= 0.6 is 11.8 Å². The van der Waals surface area contributed by atoms with Crippen LogP contribution in [0, 0.1) is 0 Å². The molecule has 6 nitrogen and oxygen atoms in total. The summed E-state index contributed by atoms with van der Waals surface area (Å²) in [6.45, 7) is 3.85. The molecule has 0 saturated carbocycles. The first-order chi connectivity index (χ1) is 14.0. The summed E-state index contributed by atoms with van der Waals surface area (Å²) in [5, 5.41) is 3.52. The summed E-state index contributed by atoms with van der Waals surface area (Å²) in [5.41, 5.74) is 2.66. The van der Waals surface area contributed by atoms with E-state index < -0.39 is 6.04 Å². The fraction of sp³-hybridized carbons (Fsp3) is 0.273. The molecule has 0 saturated heterocycles. The number of thioether (sulfide) groups is 1. The zero-order valence-electron chi connectivity index (χ0n) is 16.3. The van der Waals surface area contributed by atoms with Crippen LogP contribution in [0.3, 0.4) is 0 Å². The molecule has 2 amide bonds. The van der Waals surface area contributed by atoms with E-state index in [0.29, 0.717) is 17.4 Å². The first-order valence-electron chi connectivity index (χ1n) is 9.59. The van der Waals surface area contributed by atoms with Crippen molar-refractivity contribution in [3.05, 3.63) is 65.7 Å². The average molecular weight is 407 g/mol. The number of carbonyl (C=O) groups excluding carboxylic acids is 2. The van der Waals surface area contributed by atoms with Gasteiger partial charge in [-0.3, -0.25) is 14.5 Å². The minimum atomic E-state index is -0.458. The lowest BCUT2D eigenvalue weighted by Gasteiger charge is -2.31. The molecule has 1 unspecified atom stereocenters. The second-order valence-electron chi connectivity index (χ2n) is 7.27. The molecule has 2 aromatic rings. The van der Waals surface area contributed by atoms with E-state index in [0.717, 1.165) is 16.8 Å². The monoisotopic (exact) mass is 406 g/mol. The van der Waals surface area contributed by atoms with Crippen LogP contribution < -0.4 is 5.32 Å². The number of hydrogen-bond acceptors (Lipinski definition) is 5. The van der Waals surface area contributed by atoms with Crippen molar-refractivity contribution in [1.29, 1.82) is 0 Å². The Kier molecular flexibility index (Phi) is 5.49. The Morgan fingerprint density at radius 3 is 2.59 bits per heavy atom. The molecule has 0 aliphatic carbocycles. The van der Waals surface area contributed by atoms with Gasteiger partial charge in [-0.1, -0.05) is 54.2 Å². The van der Waals surface area contributed by atoms with Crippen molar-refractivity contribution >= 4 is 40.3 Å². The summed E-state index contributed by atoms with van der Waals surface area (Å²) >= 11 is 1.33. The zero-order valence-corrected chi connectivity index (χ0v) is 17.1. The Labute approximate surface area is 174 Å². The highest BCUT2D eigenvalue weighted by atomic mass is 32.2. The highest BCUT2D eigenvalue weighted by Crippen LogP contribution is 2.34. The number of para-hydroxylation sites is 1. The molecule has 0 spiro atoms. The molecule has 0 radical (unpaired) electrons. The summed E-state index contributed by atoms with van der Waals surface area (Å²) in [5.74, 6) is 0.610. The molecule has 1 N–H and O–H groups in total. The van der Waals surface area contributed by atoms with E-state index in [1.54, 1.807) is 0 Å². The second-order valence-corrected chi connectivity index (χ2v) is 8.21. The molecule has 2 heterocycles. The lowest BCUT2D eigenvalue weighted by atomic mass is 10.0. The normalized spacial score (nSPS) is 17.6. The number of aliphatic imine (C=N–C) groups is 2. The van der Waals surface area contributed by atoms with Crippen molar-refractivity contribution in [2.24, 2.45) is 9.98 Å². The van der Waals surface area contributed by atoms with E-state index >= 15 is 0 Å². The maximum absolute atomic E-state index is 12.8. The lowest BCUT2D eigenvalue weighted by Crippen LogP contribution is -2.45. The number of amides is 2. The first kappa shape index (κ1) is 19.4. The van der Waals surface area contributed by atoms with Gasteiger partial charge in [0.1, 0.15) is 11.9 Å². The van der Waals surface area contributed by atoms with Crippen LogP contribution in [0.5, 0.6) is 0 Å². The summed E-state index contributed by atoms with van der Waals surface area (Å²) in [4.78, 5) is 36.0. The third-order valence-electron chi connectivity index (χ3n) is 4.66. The van der Waals surface area contributed by atoms with Gasteiger partial charge in [-0.25, -0.2) is 4.99 Å². The molecule has 0 bridgehead atoms. The van der Waals surface area contributed by atoms with Crippen LogP contribution in [0.15, 0.2) is 64.6 Å². The SMILES string of the molecule is CC(C)NC(=O)CSC1=Nc2ccccc2C2=NC(=O)C(Cc3ccccc3)N12. The Hall–Kier alpha value is -2.93. The van der Waals surface area contributed by atoms with E-state index in [4.69, 9.17) is 4.99 Å². The number of carbonyl (C=O) groups is 2. The quantitative estimate of drug-likeness (QED) is 0.828. The van der Waals surface area contributed by atoms with Gasteiger partial charge in [0.2, 0.25) is 5.91 Å². The summed E-state index contributed by atoms with van der Waals surface area (Å²) in [6, 6.07) is 17.1. The Balaban J connectivity index is 1.64. The largest absolute Gasteiger partial charge is 0.353 e. The van der Waals surface area contributed by atoms with Crippen LogP contribution in [-0.4, -0.2) is 45.6 Å². The van der Waals surface area contributed by atoms with Gasteiger partial charge in [0, 0.05) is 18.0 Å². The molecule has 2 aromatic carbocycles. The molecule has 0 fully saturated rings. The smallest absolute Gasteiger partial charge is 0.271 e. The summed E-state index contributed by atoms with van der Waals surface area (Å²) < 4.78 is 0. The van der Waals surface area contributed by atoms with Crippen LogP contribution in [-0.2, 0) is 16.0 Å². The van der Waals surface area contributed by atoms with E-state index in [-0.39, 0.29) is 23.6 Å². The molecule has 2 aliphatic rings. The number of nitrogens with one attached hydrogen (secondary N) is 1. The minimum Gasteiger partial charge on any atom is -0.353 e. The van der Waals surface area contributed by atoms with E-state index in [1.807, 2.05) is 73.3 Å². The standard InChI is InChI=1S/C22H22N4O2S/c1-14(2)23-19(27)13-29-22-24-17-11-7-6-10-16(17)20-25-21(28)18(26(20)22)12-15-8-4-3-5-9-15/h3-11,14,18H,12-13H2,1-2H3,(H,23,27). The van der Waals surface area contributed by atoms with E-state index in [1.165, 1.54) is 11.8 Å². The Bertz CT molecular complexity index is 1000. The molecular formula is C22H22N4O2S. The number of hydrogen-bond donors (Lipinski definition) is 1. The summed E-state index contributed by atoms with van der Waals surface area (Å²) in [6.07, 6.45) is 0.534. The van der Waals surface area contributed by atoms with Gasteiger partial charge in [-0.2, -0.15) is 4.99 Å². The Morgan fingerprint density at radius 1 is 1.10 bits per heavy atom. The first-order valence-corrected chi connectivity index (χ1v) is 10.6. The molecule has 2 aliphatic heterocycles. The van der Waals surface area contributed by atoms with Gasteiger partial charge in [0.05, 0.1) is 11.4 Å².